The third kappa shape index (κ3) is 5.25. The summed E-state index contributed by atoms with van der Waals surface area (Å²) in [5, 5.41) is 7.36. The molecule has 0 fully saturated rings. The highest BCUT2D eigenvalue weighted by molar-refractivity contribution is 9.10. The molecule has 1 aromatic heterocycles. The van der Waals surface area contributed by atoms with Gasteiger partial charge in [0.05, 0.1) is 23.9 Å². The number of amides is 1. The standard InChI is InChI=1S/C30H28Br2N4O2/c1-3-35(4-2)18-27(37)36-26(19-10-12-21(31)13-11-19)17-25(34-36)29-28(20-8-6-5-7-9-20)23-16-22(32)14-15-24(23)33-30(29)38/h5-16,26H,3-4,17-18H2,1-2H3,(H,33,38)/t26-/m1/s1. The summed E-state index contributed by atoms with van der Waals surface area (Å²) in [6.07, 6.45) is 0.439. The van der Waals surface area contributed by atoms with Crippen LogP contribution in [0.5, 0.6) is 0 Å². The first-order valence-electron chi connectivity index (χ1n) is 12.7. The zero-order valence-corrected chi connectivity index (χ0v) is 24.4. The van der Waals surface area contributed by atoms with Gasteiger partial charge in [-0.25, -0.2) is 5.01 Å². The maximum atomic E-state index is 13.7. The number of aromatic nitrogens is 1. The molecule has 0 spiro atoms. The van der Waals surface area contributed by atoms with E-state index in [0.29, 0.717) is 17.7 Å². The van der Waals surface area contributed by atoms with Crippen LogP contribution >= 0.6 is 31.9 Å². The molecule has 1 N–H and O–H groups in total. The summed E-state index contributed by atoms with van der Waals surface area (Å²) >= 11 is 7.10. The minimum atomic E-state index is -0.303. The average Bonchev–Trinajstić information content (AvgIpc) is 3.37. The second-order valence-corrected chi connectivity index (χ2v) is 11.1. The highest BCUT2D eigenvalue weighted by Crippen LogP contribution is 2.37. The smallest absolute Gasteiger partial charge is 0.258 e. The van der Waals surface area contributed by atoms with Crippen molar-refractivity contribution in [3.63, 3.8) is 0 Å². The SMILES string of the molecule is CCN(CC)CC(=O)N1N=C(c2c(-c3ccccc3)c3cc(Br)ccc3[nH]c2=O)C[C@@H]1c1ccc(Br)cc1. The van der Waals surface area contributed by atoms with Crippen molar-refractivity contribution in [1.82, 2.24) is 14.9 Å². The Kier molecular flexibility index (Phi) is 7.93. The fourth-order valence-corrected chi connectivity index (χ4v) is 5.62. The number of halogens is 2. The van der Waals surface area contributed by atoms with E-state index in [4.69, 9.17) is 5.10 Å². The molecule has 0 unspecified atom stereocenters. The minimum absolute atomic E-state index is 0.0853. The summed E-state index contributed by atoms with van der Waals surface area (Å²) in [6.45, 7) is 5.89. The van der Waals surface area contributed by atoms with Crippen LogP contribution in [0.4, 0.5) is 0 Å². The number of aromatic amines is 1. The Morgan fingerprint density at radius 2 is 1.66 bits per heavy atom. The van der Waals surface area contributed by atoms with Crippen LogP contribution in [0.1, 0.15) is 37.4 Å². The number of hydrazone groups is 1. The maximum Gasteiger partial charge on any atom is 0.258 e. The van der Waals surface area contributed by atoms with E-state index in [-0.39, 0.29) is 24.1 Å². The van der Waals surface area contributed by atoms with Gasteiger partial charge in [-0.05, 0) is 54.5 Å². The highest BCUT2D eigenvalue weighted by Gasteiger charge is 2.35. The monoisotopic (exact) mass is 634 g/mol. The molecule has 38 heavy (non-hydrogen) atoms. The Hall–Kier alpha value is -3.07. The number of likely N-dealkylation sites (N-methyl/N-ethyl adjacent to an activating group) is 1. The van der Waals surface area contributed by atoms with Crippen LogP contribution in [-0.2, 0) is 4.79 Å². The summed E-state index contributed by atoms with van der Waals surface area (Å²) in [6, 6.07) is 23.4. The molecule has 1 aliphatic heterocycles. The maximum absolute atomic E-state index is 13.7. The second-order valence-electron chi connectivity index (χ2n) is 9.28. The van der Waals surface area contributed by atoms with E-state index in [1.165, 1.54) is 0 Å². The predicted octanol–water partition coefficient (Wildman–Crippen LogP) is 6.74. The van der Waals surface area contributed by atoms with Crippen molar-refractivity contribution in [2.24, 2.45) is 5.10 Å². The van der Waals surface area contributed by atoms with Crippen molar-refractivity contribution in [2.75, 3.05) is 19.6 Å². The Morgan fingerprint density at radius 3 is 2.34 bits per heavy atom. The van der Waals surface area contributed by atoms with Crippen LogP contribution in [-0.4, -0.2) is 46.1 Å². The molecule has 194 valence electrons. The zero-order valence-electron chi connectivity index (χ0n) is 21.2. The fraction of sp³-hybridized carbons (Fsp3) is 0.233. The molecule has 8 heteroatoms. The van der Waals surface area contributed by atoms with Crippen molar-refractivity contribution in [3.8, 4) is 11.1 Å². The van der Waals surface area contributed by atoms with E-state index >= 15 is 0 Å². The number of carbonyl (C=O) groups excluding carboxylic acids is 1. The van der Waals surface area contributed by atoms with Crippen LogP contribution in [0.2, 0.25) is 0 Å². The van der Waals surface area contributed by atoms with Gasteiger partial charge in [0.15, 0.2) is 0 Å². The van der Waals surface area contributed by atoms with Crippen molar-refractivity contribution >= 4 is 54.4 Å². The lowest BCUT2D eigenvalue weighted by Gasteiger charge is -2.25. The quantitative estimate of drug-likeness (QED) is 0.245. The van der Waals surface area contributed by atoms with Crippen LogP contribution in [0.15, 0.2) is 91.6 Å². The van der Waals surface area contributed by atoms with Crippen LogP contribution in [0.3, 0.4) is 0 Å². The molecule has 0 saturated heterocycles. The van der Waals surface area contributed by atoms with E-state index in [2.05, 4.69) is 41.7 Å². The van der Waals surface area contributed by atoms with Gasteiger partial charge in [0.25, 0.3) is 11.5 Å². The van der Waals surface area contributed by atoms with Gasteiger partial charge >= 0.3 is 0 Å². The fourth-order valence-electron chi connectivity index (χ4n) is 4.99. The molecule has 0 saturated carbocycles. The third-order valence-electron chi connectivity index (χ3n) is 7.00. The normalized spacial score (nSPS) is 15.3. The Morgan fingerprint density at radius 1 is 0.974 bits per heavy atom. The number of hydrogen-bond acceptors (Lipinski definition) is 4. The molecule has 2 heterocycles. The van der Waals surface area contributed by atoms with E-state index < -0.39 is 0 Å². The van der Waals surface area contributed by atoms with Crippen molar-refractivity contribution < 1.29 is 4.79 Å². The molecule has 4 aromatic rings. The minimum Gasteiger partial charge on any atom is -0.321 e. The van der Waals surface area contributed by atoms with Crippen LogP contribution in [0.25, 0.3) is 22.0 Å². The van der Waals surface area contributed by atoms with Gasteiger partial charge in [0.1, 0.15) is 0 Å². The summed E-state index contributed by atoms with van der Waals surface area (Å²) in [4.78, 5) is 32.4. The predicted molar refractivity (Wildman–Crippen MR) is 160 cm³/mol. The number of H-pyrrole nitrogens is 1. The van der Waals surface area contributed by atoms with Crippen LogP contribution in [0, 0.1) is 0 Å². The summed E-state index contributed by atoms with van der Waals surface area (Å²) in [5.41, 5.74) is 4.35. The average molecular weight is 636 g/mol. The number of nitrogens with zero attached hydrogens (tertiary/aromatic N) is 3. The third-order valence-corrected chi connectivity index (χ3v) is 8.02. The first kappa shape index (κ1) is 26.5. The number of pyridine rings is 1. The molecule has 1 amide bonds. The van der Waals surface area contributed by atoms with Gasteiger partial charge in [-0.15, -0.1) is 0 Å². The largest absolute Gasteiger partial charge is 0.321 e. The molecule has 3 aromatic carbocycles. The molecular formula is C30H28Br2N4O2. The van der Waals surface area contributed by atoms with Crippen molar-refractivity contribution in [2.45, 2.75) is 26.3 Å². The summed E-state index contributed by atoms with van der Waals surface area (Å²) in [5.74, 6) is -0.0853. The first-order chi connectivity index (χ1) is 18.4. The molecule has 0 radical (unpaired) electrons. The molecule has 6 nitrogen and oxygen atoms in total. The first-order valence-corrected chi connectivity index (χ1v) is 14.3. The van der Waals surface area contributed by atoms with Gasteiger partial charge in [-0.3, -0.25) is 14.5 Å². The highest BCUT2D eigenvalue weighted by atomic mass is 79.9. The summed E-state index contributed by atoms with van der Waals surface area (Å²) in [7, 11) is 0. The lowest BCUT2D eigenvalue weighted by Crippen LogP contribution is -2.38. The number of hydrogen-bond donors (Lipinski definition) is 1. The van der Waals surface area contributed by atoms with Crippen molar-refractivity contribution in [1.29, 1.82) is 0 Å². The van der Waals surface area contributed by atoms with E-state index in [9.17, 15) is 9.59 Å². The topological polar surface area (TPSA) is 68.8 Å². The van der Waals surface area contributed by atoms with E-state index in [1.54, 1.807) is 5.01 Å². The van der Waals surface area contributed by atoms with E-state index in [1.807, 2.05) is 86.6 Å². The Balaban J connectivity index is 1.69. The van der Waals surface area contributed by atoms with Gasteiger partial charge in [-0.1, -0.05) is 88.2 Å². The number of benzene rings is 3. The molecule has 1 atom stereocenters. The molecule has 0 bridgehead atoms. The number of fused-ring (bicyclic) bond motifs is 1. The summed E-state index contributed by atoms with van der Waals surface area (Å²) < 4.78 is 1.88. The van der Waals surface area contributed by atoms with Gasteiger partial charge in [0.2, 0.25) is 0 Å². The van der Waals surface area contributed by atoms with Crippen molar-refractivity contribution in [3.05, 3.63) is 103 Å². The number of rotatable bonds is 7. The zero-order chi connectivity index (χ0) is 26.8. The molecule has 1 aliphatic rings. The second kappa shape index (κ2) is 11.4. The molecular weight excluding hydrogens is 608 g/mol. The number of nitrogens with one attached hydrogen (secondary N) is 1. The Labute approximate surface area is 238 Å². The van der Waals surface area contributed by atoms with E-state index in [0.717, 1.165) is 49.6 Å². The van der Waals surface area contributed by atoms with Crippen LogP contribution < -0.4 is 5.56 Å². The molecule has 0 aliphatic carbocycles. The Bertz CT molecular complexity index is 1560. The van der Waals surface area contributed by atoms with Gasteiger partial charge in [0, 0.05) is 31.8 Å². The lowest BCUT2D eigenvalue weighted by molar-refractivity contribution is -0.134. The van der Waals surface area contributed by atoms with Gasteiger partial charge < -0.3 is 4.98 Å². The lowest BCUT2D eigenvalue weighted by atomic mass is 9.91. The molecule has 5 rings (SSSR count). The number of carbonyl (C=O) groups is 1. The van der Waals surface area contributed by atoms with Gasteiger partial charge in [-0.2, -0.15) is 5.10 Å².